The van der Waals surface area contributed by atoms with Crippen LogP contribution in [0.2, 0.25) is 0 Å². The summed E-state index contributed by atoms with van der Waals surface area (Å²) in [5.74, 6) is -0.283. The highest BCUT2D eigenvalue weighted by Crippen LogP contribution is 2.35. The second-order valence-electron chi connectivity index (χ2n) is 19.9. The van der Waals surface area contributed by atoms with Gasteiger partial charge < -0.3 is 30.9 Å². The normalized spacial score (nSPS) is 11.7. The van der Waals surface area contributed by atoms with E-state index < -0.39 is 29.6 Å². The molecule has 27 nitrogen and oxygen atoms in total. The van der Waals surface area contributed by atoms with Crippen LogP contribution >= 0.6 is 0 Å². The van der Waals surface area contributed by atoms with Gasteiger partial charge in [-0.05, 0) is 57.5 Å². The van der Waals surface area contributed by atoms with Crippen molar-refractivity contribution in [3.05, 3.63) is 109 Å². The first-order valence-corrected chi connectivity index (χ1v) is 26.1. The van der Waals surface area contributed by atoms with Crippen LogP contribution in [-0.2, 0) is 61.6 Å². The van der Waals surface area contributed by atoms with Crippen molar-refractivity contribution >= 4 is 50.4 Å². The van der Waals surface area contributed by atoms with Gasteiger partial charge in [-0.15, -0.1) is 0 Å². The maximum Gasteiger partial charge on any atom is 0.435 e. The molecule has 12 rings (SSSR count). The van der Waals surface area contributed by atoms with Crippen LogP contribution in [0, 0.1) is 0 Å². The Morgan fingerprint density at radius 1 is 0.548 bits per heavy atom. The molecule has 0 bridgehead atoms. The minimum absolute atomic E-state index is 0.0311. The average molecular weight is 1150 g/mol. The summed E-state index contributed by atoms with van der Waals surface area (Å²) in [6, 6.07) is 7.92. The highest BCUT2D eigenvalue weighted by Gasteiger charge is 2.35. The lowest BCUT2D eigenvalue weighted by molar-refractivity contribution is -0.141. The van der Waals surface area contributed by atoms with Crippen LogP contribution in [0.25, 0.3) is 101 Å². The predicted molar refractivity (Wildman–Crippen MR) is 303 cm³/mol. The summed E-state index contributed by atoms with van der Waals surface area (Å²) in [5.41, 5.74) is 23.3. The number of fused-ring (bicyclic) bond motifs is 3. The van der Waals surface area contributed by atoms with Gasteiger partial charge in [0.15, 0.2) is 23.2 Å². The zero-order chi connectivity index (χ0) is 60.2. The summed E-state index contributed by atoms with van der Waals surface area (Å²) in [7, 11) is 10.8. The highest BCUT2D eigenvalue weighted by molar-refractivity contribution is 6.01. The number of amides is 3. The first-order chi connectivity index (χ1) is 39.9. The quantitative estimate of drug-likeness (QED) is 0.119. The topological polar surface area (TPSA) is 328 Å². The Labute approximate surface area is 475 Å². The van der Waals surface area contributed by atoms with Crippen LogP contribution in [-0.4, -0.2) is 120 Å². The number of imidazole rings is 3. The fourth-order valence-corrected chi connectivity index (χ4v) is 9.54. The third-order valence-corrected chi connectivity index (χ3v) is 13.7. The van der Waals surface area contributed by atoms with Gasteiger partial charge in [0.25, 0.3) is 17.7 Å². The van der Waals surface area contributed by atoms with E-state index in [-0.39, 0.29) is 35.4 Å². The van der Waals surface area contributed by atoms with Crippen molar-refractivity contribution < 1.29 is 27.6 Å². The van der Waals surface area contributed by atoms with Crippen LogP contribution in [0.1, 0.15) is 77.3 Å². The molecule has 6 N–H and O–H groups in total. The summed E-state index contributed by atoms with van der Waals surface area (Å²) in [4.78, 5) is 62.5. The van der Waals surface area contributed by atoms with Gasteiger partial charge in [-0.2, -0.15) is 43.8 Å². The zero-order valence-corrected chi connectivity index (χ0v) is 47.3. The van der Waals surface area contributed by atoms with E-state index in [4.69, 9.17) is 27.2 Å². The largest absolute Gasteiger partial charge is 0.435 e. The number of pyridine rings is 3. The van der Waals surface area contributed by atoms with E-state index in [1.165, 1.54) is 10.7 Å². The molecule has 3 amide bonds. The van der Waals surface area contributed by atoms with Crippen LogP contribution < -0.4 is 17.2 Å². The van der Waals surface area contributed by atoms with E-state index in [2.05, 4.69) is 71.3 Å². The number of aromatic nitrogens is 21. The van der Waals surface area contributed by atoms with Gasteiger partial charge in [0.2, 0.25) is 0 Å². The first kappa shape index (κ1) is 56.6. The van der Waals surface area contributed by atoms with Crippen molar-refractivity contribution in [3.63, 3.8) is 0 Å². The molecule has 0 aromatic carbocycles. The average Bonchev–Trinajstić information content (AvgIpc) is 3.14. The lowest BCUT2D eigenvalue weighted by atomic mass is 10.2. The summed E-state index contributed by atoms with van der Waals surface area (Å²) in [6.07, 6.45) is 12.4. The van der Waals surface area contributed by atoms with Gasteiger partial charge >= 0.3 is 6.18 Å². The number of rotatable bonds is 13. The molecule has 0 spiro atoms. The van der Waals surface area contributed by atoms with E-state index >= 15 is 0 Å². The molecule has 0 aliphatic carbocycles. The molecule has 0 saturated heterocycles. The smallest absolute Gasteiger partial charge is 0.364 e. The second-order valence-corrected chi connectivity index (χ2v) is 19.9. The lowest BCUT2D eigenvalue weighted by Gasteiger charge is -2.08. The Hall–Kier alpha value is -10.7. The van der Waals surface area contributed by atoms with Crippen LogP contribution in [0.15, 0.2) is 86.1 Å². The number of primary amides is 3. The van der Waals surface area contributed by atoms with E-state index in [1.54, 1.807) is 88.9 Å². The maximum absolute atomic E-state index is 13.1. The lowest BCUT2D eigenvalue weighted by Crippen LogP contribution is -2.14. The van der Waals surface area contributed by atoms with Crippen LogP contribution in [0.3, 0.4) is 0 Å². The zero-order valence-electron chi connectivity index (χ0n) is 47.3. The van der Waals surface area contributed by atoms with Crippen LogP contribution in [0.5, 0.6) is 0 Å². The minimum atomic E-state index is -4.56. The van der Waals surface area contributed by atoms with Gasteiger partial charge in [-0.3, -0.25) is 42.5 Å². The fraction of sp³-hybridized carbons (Fsp3) is 0.278. The predicted octanol–water partition coefficient (Wildman–Crippen LogP) is 6.02. The third kappa shape index (κ3) is 10.6. The molecular formula is C54H57F3N24O3. The molecule has 30 heteroatoms. The number of aryl methyl sites for hydroxylation is 8. The number of hydrogen-bond acceptors (Lipinski definition) is 15. The van der Waals surface area contributed by atoms with Crippen molar-refractivity contribution in [2.75, 3.05) is 0 Å². The maximum atomic E-state index is 13.1. The Kier molecular flexibility index (Phi) is 14.8. The fourth-order valence-electron chi connectivity index (χ4n) is 9.54. The number of alkyl halides is 3. The number of nitrogens with two attached hydrogens (primary N) is 3. The summed E-state index contributed by atoms with van der Waals surface area (Å²) in [5, 5.41) is 27.3. The SMILES string of the molecule is CC(C)n1nccc1-c1cn(C)c(-c2nc(C(N)=O)cc3c2cnn3C)n1.CCCn1cc(-c2cn(C)c(-c3nc(C(N)=O)cc4c3cnn4C)n2)cn1.CCn1nc(C(F)(F)F)cc1-c1cn(C)c(-c2nc(C(N)=O)cc3c2cnn3C)n1. The molecule has 432 valence electrons. The number of halogens is 3. The summed E-state index contributed by atoms with van der Waals surface area (Å²) in [6.45, 7) is 9.03. The number of hydrogen-bond donors (Lipinski definition) is 3. The van der Waals surface area contributed by atoms with E-state index in [1.807, 2.05) is 71.3 Å². The third-order valence-electron chi connectivity index (χ3n) is 13.7. The molecule has 0 aliphatic rings. The van der Waals surface area contributed by atoms with Gasteiger partial charge in [-0.1, -0.05) is 6.92 Å². The van der Waals surface area contributed by atoms with Crippen molar-refractivity contribution in [1.82, 2.24) is 102 Å². The molecule has 12 aromatic rings. The number of nitrogens with zero attached hydrogens (tertiary/aromatic N) is 21. The van der Waals surface area contributed by atoms with E-state index in [0.29, 0.717) is 51.2 Å². The van der Waals surface area contributed by atoms with Gasteiger partial charge in [0.1, 0.15) is 45.6 Å². The van der Waals surface area contributed by atoms with Gasteiger partial charge in [0, 0.05) is 114 Å². The Morgan fingerprint density at radius 3 is 1.38 bits per heavy atom. The molecule has 12 aromatic heterocycles. The van der Waals surface area contributed by atoms with Crippen molar-refractivity contribution in [1.29, 1.82) is 0 Å². The molecule has 0 unspecified atom stereocenters. The molecule has 84 heavy (non-hydrogen) atoms. The van der Waals surface area contributed by atoms with Gasteiger partial charge in [0.05, 0.1) is 58.4 Å². The Morgan fingerprint density at radius 2 is 0.976 bits per heavy atom. The molecule has 0 aliphatic heterocycles. The minimum Gasteiger partial charge on any atom is -0.364 e. The summed E-state index contributed by atoms with van der Waals surface area (Å²) >= 11 is 0. The molecule has 0 radical (unpaired) electrons. The molecule has 0 saturated carbocycles. The monoisotopic (exact) mass is 1150 g/mol. The van der Waals surface area contributed by atoms with Gasteiger partial charge in [-0.25, -0.2) is 29.9 Å². The van der Waals surface area contributed by atoms with Crippen molar-refractivity contribution in [2.45, 2.75) is 59.4 Å². The van der Waals surface area contributed by atoms with Crippen molar-refractivity contribution in [2.24, 2.45) is 59.5 Å². The van der Waals surface area contributed by atoms with Crippen LogP contribution in [0.4, 0.5) is 13.2 Å². The standard InChI is InChI=1S/C18H17F3N8O.2C18H20N8O/c1-4-29-13(6-14(26-29)18(19,20)21)11-8-27(2)17(25-11)15-9-7-23-28(3)12(9)5-10(24-15)16(22)30;1-10(2)26-14(5-6-20-26)13-9-24(3)18(23-13)16-11-8-21-25(4)15(11)7-12(22-16)17(19)27;1-4-5-26-9-11(7-21-26)14-10-24(2)18(23-14)16-12-8-20-25(3)15(12)6-13(22-16)17(19)27/h5-8H,4H2,1-3H3,(H2,22,30);5-10H,1-4H3,(H2,19,27);6-10H,4-5H2,1-3H3,(H2,19,27). The second kappa shape index (κ2) is 22.0. The molecule has 0 fully saturated rings. The molecule has 0 atom stereocenters. The van der Waals surface area contributed by atoms with E-state index in [9.17, 15) is 27.6 Å². The Bertz CT molecular complexity index is 4490. The number of carbonyl (C=O) groups excluding carboxylic acids is 3. The highest BCUT2D eigenvalue weighted by atomic mass is 19.4. The first-order valence-electron chi connectivity index (χ1n) is 26.1. The Balaban J connectivity index is 0.000000141. The van der Waals surface area contributed by atoms with E-state index in [0.717, 1.165) is 63.5 Å². The summed E-state index contributed by atoms with van der Waals surface area (Å²) < 4.78 is 54.7. The number of carbonyl (C=O) groups is 3. The van der Waals surface area contributed by atoms with Crippen molar-refractivity contribution in [3.8, 4) is 68.6 Å². The molecule has 12 heterocycles. The molecular weight excluding hydrogens is 1090 g/mol.